The van der Waals surface area contributed by atoms with E-state index >= 15 is 0 Å². The molecule has 2 N–H and O–H groups in total. The normalized spacial score (nSPS) is 16.1. The van der Waals surface area contributed by atoms with Crippen LogP contribution in [0.2, 0.25) is 0 Å². The van der Waals surface area contributed by atoms with Crippen LogP contribution in [0.5, 0.6) is 5.75 Å². The average molecular weight is 524 g/mol. The summed E-state index contributed by atoms with van der Waals surface area (Å²) in [5, 5.41) is 6.90. The zero-order chi connectivity index (χ0) is 20.3. The maximum Gasteiger partial charge on any atom is 0.191 e. The fraction of sp³-hybridized carbons (Fsp3) is 0.435. The summed E-state index contributed by atoms with van der Waals surface area (Å²) < 4.78 is 11.1. The number of nitrogens with zero attached hydrogens (tertiary/aromatic N) is 2. The zero-order valence-electron chi connectivity index (χ0n) is 17.8. The number of methoxy groups -OCH3 is 1. The van der Waals surface area contributed by atoms with Crippen molar-refractivity contribution in [2.75, 3.05) is 44.8 Å². The summed E-state index contributed by atoms with van der Waals surface area (Å²) in [6, 6.07) is 18.9. The molecule has 30 heavy (non-hydrogen) atoms. The molecule has 2 aromatic carbocycles. The number of nitrogens with one attached hydrogen (secondary N) is 2. The topological polar surface area (TPSA) is 58.1 Å². The molecular formula is C23H33IN4O2. The van der Waals surface area contributed by atoms with Gasteiger partial charge in [-0.1, -0.05) is 36.4 Å². The number of aliphatic imine (C=N–C) groups is 1. The maximum absolute atomic E-state index is 5.78. The third-order valence-corrected chi connectivity index (χ3v) is 4.95. The summed E-state index contributed by atoms with van der Waals surface area (Å²) in [5.41, 5.74) is 2.33. The predicted octanol–water partition coefficient (Wildman–Crippen LogP) is 3.66. The lowest BCUT2D eigenvalue weighted by Gasteiger charge is -2.20. The van der Waals surface area contributed by atoms with Crippen LogP contribution in [0.3, 0.4) is 0 Å². The van der Waals surface area contributed by atoms with Crippen LogP contribution in [-0.2, 0) is 11.3 Å². The van der Waals surface area contributed by atoms with Crippen molar-refractivity contribution in [3.05, 3.63) is 60.2 Å². The van der Waals surface area contributed by atoms with E-state index in [4.69, 9.17) is 9.47 Å². The minimum absolute atomic E-state index is 0. The van der Waals surface area contributed by atoms with E-state index in [-0.39, 0.29) is 24.0 Å². The molecule has 7 heteroatoms. The second-order valence-electron chi connectivity index (χ2n) is 7.04. The Balaban J connectivity index is 0.00000320. The lowest BCUT2D eigenvalue weighted by molar-refractivity contribution is 0.126. The molecule has 1 aliphatic rings. The SMILES string of the molecule is CCNC(=NCCOCc1ccccc1OC)NC1CCN(c2ccccc2)C1.I. The molecule has 2 aromatic rings. The number of benzene rings is 2. The maximum atomic E-state index is 5.78. The van der Waals surface area contributed by atoms with E-state index in [1.54, 1.807) is 7.11 Å². The van der Waals surface area contributed by atoms with Gasteiger partial charge in [-0.2, -0.15) is 0 Å². The molecule has 0 spiro atoms. The lowest BCUT2D eigenvalue weighted by atomic mass is 10.2. The Labute approximate surface area is 197 Å². The summed E-state index contributed by atoms with van der Waals surface area (Å²) in [4.78, 5) is 7.08. The van der Waals surface area contributed by atoms with Crippen LogP contribution in [-0.4, -0.2) is 51.9 Å². The second kappa shape index (κ2) is 13.3. The molecule has 1 heterocycles. The number of anilines is 1. The van der Waals surface area contributed by atoms with Gasteiger partial charge >= 0.3 is 0 Å². The summed E-state index contributed by atoms with van der Waals surface area (Å²) in [6.07, 6.45) is 1.10. The number of rotatable bonds is 9. The van der Waals surface area contributed by atoms with Crippen molar-refractivity contribution in [2.45, 2.75) is 26.0 Å². The van der Waals surface area contributed by atoms with Gasteiger partial charge in [-0.3, -0.25) is 4.99 Å². The minimum Gasteiger partial charge on any atom is -0.496 e. The first-order valence-electron chi connectivity index (χ1n) is 10.3. The molecule has 1 fully saturated rings. The van der Waals surface area contributed by atoms with Gasteiger partial charge in [-0.25, -0.2) is 0 Å². The van der Waals surface area contributed by atoms with Gasteiger partial charge in [0.2, 0.25) is 0 Å². The number of hydrogen-bond donors (Lipinski definition) is 2. The van der Waals surface area contributed by atoms with E-state index in [2.05, 4.69) is 57.8 Å². The van der Waals surface area contributed by atoms with Gasteiger partial charge in [-0.15, -0.1) is 24.0 Å². The molecule has 0 amide bonds. The van der Waals surface area contributed by atoms with E-state index in [0.717, 1.165) is 43.3 Å². The van der Waals surface area contributed by atoms with Crippen LogP contribution in [0.4, 0.5) is 5.69 Å². The van der Waals surface area contributed by atoms with Crippen molar-refractivity contribution >= 4 is 35.6 Å². The van der Waals surface area contributed by atoms with Gasteiger partial charge in [0.15, 0.2) is 5.96 Å². The van der Waals surface area contributed by atoms with E-state index in [1.807, 2.05) is 24.3 Å². The molecule has 6 nitrogen and oxygen atoms in total. The highest BCUT2D eigenvalue weighted by atomic mass is 127. The molecule has 1 saturated heterocycles. The van der Waals surface area contributed by atoms with E-state index in [1.165, 1.54) is 5.69 Å². The summed E-state index contributed by atoms with van der Waals surface area (Å²) in [5.74, 6) is 1.71. The second-order valence-corrected chi connectivity index (χ2v) is 7.04. The molecule has 0 radical (unpaired) electrons. The quantitative estimate of drug-likeness (QED) is 0.227. The highest BCUT2D eigenvalue weighted by Crippen LogP contribution is 2.20. The van der Waals surface area contributed by atoms with Crippen LogP contribution < -0.4 is 20.3 Å². The van der Waals surface area contributed by atoms with Gasteiger partial charge in [0, 0.05) is 36.9 Å². The molecule has 164 valence electrons. The molecule has 3 rings (SSSR count). The standard InChI is InChI=1S/C23H32N4O2.HI/c1-3-24-23(25-14-16-29-18-19-9-7-8-12-22(19)28-2)26-20-13-15-27(17-20)21-10-5-4-6-11-21;/h4-12,20H,3,13-18H2,1-2H3,(H2,24,25,26);1H. The Morgan fingerprint density at radius 1 is 1.13 bits per heavy atom. The first-order chi connectivity index (χ1) is 14.3. The monoisotopic (exact) mass is 524 g/mol. The van der Waals surface area contributed by atoms with Crippen molar-refractivity contribution in [3.63, 3.8) is 0 Å². The van der Waals surface area contributed by atoms with Gasteiger partial charge in [0.1, 0.15) is 5.75 Å². The molecule has 0 aliphatic carbocycles. The van der Waals surface area contributed by atoms with Crippen molar-refractivity contribution in [1.82, 2.24) is 10.6 Å². The first kappa shape index (κ1) is 24.3. The summed E-state index contributed by atoms with van der Waals surface area (Å²) >= 11 is 0. The molecule has 1 aliphatic heterocycles. The number of ether oxygens (including phenoxy) is 2. The van der Waals surface area contributed by atoms with Crippen molar-refractivity contribution < 1.29 is 9.47 Å². The molecular weight excluding hydrogens is 491 g/mol. The smallest absolute Gasteiger partial charge is 0.191 e. The number of guanidine groups is 1. The van der Waals surface area contributed by atoms with Crippen molar-refractivity contribution in [2.24, 2.45) is 4.99 Å². The summed E-state index contributed by atoms with van der Waals surface area (Å²) in [6.45, 7) is 6.67. The fourth-order valence-corrected chi connectivity index (χ4v) is 3.49. The molecule has 1 atom stereocenters. The van der Waals surface area contributed by atoms with Gasteiger partial charge in [0.05, 0.1) is 26.9 Å². The molecule has 0 saturated carbocycles. The number of para-hydroxylation sites is 2. The largest absolute Gasteiger partial charge is 0.496 e. The van der Waals surface area contributed by atoms with Crippen LogP contribution in [0.1, 0.15) is 18.9 Å². The highest BCUT2D eigenvalue weighted by molar-refractivity contribution is 14.0. The van der Waals surface area contributed by atoms with Gasteiger partial charge < -0.3 is 25.0 Å². The summed E-state index contributed by atoms with van der Waals surface area (Å²) in [7, 11) is 1.68. The highest BCUT2D eigenvalue weighted by Gasteiger charge is 2.23. The van der Waals surface area contributed by atoms with Crippen LogP contribution >= 0.6 is 24.0 Å². The average Bonchev–Trinajstić information content (AvgIpc) is 3.23. The van der Waals surface area contributed by atoms with Gasteiger partial charge in [0.25, 0.3) is 0 Å². The molecule has 0 bridgehead atoms. The minimum atomic E-state index is 0. The Hall–Kier alpha value is -2.00. The Kier molecular flexibility index (Phi) is 10.8. The predicted molar refractivity (Wildman–Crippen MR) is 134 cm³/mol. The van der Waals surface area contributed by atoms with Gasteiger partial charge in [-0.05, 0) is 31.5 Å². The number of hydrogen-bond acceptors (Lipinski definition) is 4. The van der Waals surface area contributed by atoms with E-state index < -0.39 is 0 Å². The van der Waals surface area contributed by atoms with Crippen molar-refractivity contribution in [3.8, 4) is 5.75 Å². The molecule has 1 unspecified atom stereocenters. The Morgan fingerprint density at radius 2 is 1.90 bits per heavy atom. The third-order valence-electron chi connectivity index (χ3n) is 4.95. The molecule has 0 aromatic heterocycles. The van der Waals surface area contributed by atoms with Crippen molar-refractivity contribution in [1.29, 1.82) is 0 Å². The zero-order valence-corrected chi connectivity index (χ0v) is 20.2. The van der Waals surface area contributed by atoms with Crippen LogP contribution in [0.15, 0.2) is 59.6 Å². The lowest BCUT2D eigenvalue weighted by Crippen LogP contribution is -2.44. The number of halogens is 1. The Bertz CT molecular complexity index is 773. The van der Waals surface area contributed by atoms with E-state index in [9.17, 15) is 0 Å². The third kappa shape index (κ3) is 7.36. The van der Waals surface area contributed by atoms with E-state index in [0.29, 0.717) is 25.8 Å². The Morgan fingerprint density at radius 3 is 2.67 bits per heavy atom. The first-order valence-corrected chi connectivity index (χ1v) is 10.3. The fourth-order valence-electron chi connectivity index (χ4n) is 3.49. The van der Waals surface area contributed by atoms with Crippen LogP contribution in [0.25, 0.3) is 0 Å². The van der Waals surface area contributed by atoms with Crippen LogP contribution in [0, 0.1) is 0 Å².